The van der Waals surface area contributed by atoms with Crippen LogP contribution in [0.2, 0.25) is 0 Å². The molecule has 1 aliphatic carbocycles. The topological polar surface area (TPSA) is 94.0 Å². The number of rotatable bonds is 5. The Hall–Kier alpha value is -3.00. The summed E-state index contributed by atoms with van der Waals surface area (Å²) in [5.74, 6) is 0.483. The maximum atomic E-state index is 12.5. The molecule has 3 heterocycles. The number of amides is 1. The van der Waals surface area contributed by atoms with E-state index in [0.29, 0.717) is 30.8 Å². The normalized spacial score (nSPS) is 18.2. The second-order valence-corrected chi connectivity index (χ2v) is 8.42. The van der Waals surface area contributed by atoms with E-state index < -0.39 is 0 Å². The number of anilines is 2. The van der Waals surface area contributed by atoms with Crippen LogP contribution in [-0.4, -0.2) is 44.9 Å². The van der Waals surface area contributed by atoms with Gasteiger partial charge in [0.25, 0.3) is 5.91 Å². The Kier molecular flexibility index (Phi) is 5.80. The molecule has 1 aromatic carbocycles. The third kappa shape index (κ3) is 4.54. The number of hydrogen-bond donors (Lipinski definition) is 2. The van der Waals surface area contributed by atoms with Gasteiger partial charge in [-0.25, -0.2) is 9.67 Å². The Labute approximate surface area is 181 Å². The van der Waals surface area contributed by atoms with Gasteiger partial charge in [-0.3, -0.25) is 4.79 Å². The third-order valence-electron chi connectivity index (χ3n) is 6.21. The molecule has 1 saturated heterocycles. The lowest BCUT2D eigenvalue weighted by molar-refractivity contribution is 0.0696. The number of carbonyl (C=O) groups excluding carboxylic acids is 1. The van der Waals surface area contributed by atoms with Crippen LogP contribution < -0.4 is 10.6 Å². The van der Waals surface area contributed by atoms with Crippen molar-refractivity contribution in [1.82, 2.24) is 25.1 Å². The SMILES string of the molecule is O=C(NC1CCOCC1)c1ccc(Nc2ncc3cnn(C4CCCCC4)c3n2)cc1. The lowest BCUT2D eigenvalue weighted by Crippen LogP contribution is -2.38. The number of carbonyl (C=O) groups is 1. The van der Waals surface area contributed by atoms with Gasteiger partial charge in [0.15, 0.2) is 5.65 Å². The first-order valence-electron chi connectivity index (χ1n) is 11.2. The molecule has 162 valence electrons. The number of hydrogen-bond acceptors (Lipinski definition) is 6. The number of ether oxygens (including phenoxy) is 1. The molecule has 0 spiro atoms. The number of aromatic nitrogens is 4. The van der Waals surface area contributed by atoms with Crippen LogP contribution in [0.4, 0.5) is 11.6 Å². The van der Waals surface area contributed by atoms with E-state index in [1.165, 1.54) is 19.3 Å². The molecular formula is C23H28N6O2. The first kappa shape index (κ1) is 19.9. The summed E-state index contributed by atoms with van der Waals surface area (Å²) in [5.41, 5.74) is 2.35. The Morgan fingerprint density at radius 2 is 1.77 bits per heavy atom. The predicted octanol–water partition coefficient (Wildman–Crippen LogP) is 3.98. The molecule has 2 aromatic heterocycles. The zero-order valence-electron chi connectivity index (χ0n) is 17.6. The molecule has 8 nitrogen and oxygen atoms in total. The summed E-state index contributed by atoms with van der Waals surface area (Å²) in [6, 6.07) is 8.01. The smallest absolute Gasteiger partial charge is 0.251 e. The Bertz CT molecular complexity index is 1040. The Morgan fingerprint density at radius 1 is 1.00 bits per heavy atom. The average Bonchev–Trinajstić information content (AvgIpc) is 3.24. The van der Waals surface area contributed by atoms with Gasteiger partial charge in [0.1, 0.15) is 0 Å². The number of benzene rings is 1. The van der Waals surface area contributed by atoms with E-state index in [-0.39, 0.29) is 11.9 Å². The van der Waals surface area contributed by atoms with Gasteiger partial charge in [-0.15, -0.1) is 0 Å². The predicted molar refractivity (Wildman–Crippen MR) is 118 cm³/mol. The maximum Gasteiger partial charge on any atom is 0.251 e. The summed E-state index contributed by atoms with van der Waals surface area (Å²) in [4.78, 5) is 21.6. The van der Waals surface area contributed by atoms with Crippen molar-refractivity contribution in [2.45, 2.75) is 57.0 Å². The van der Waals surface area contributed by atoms with Crippen LogP contribution in [0.5, 0.6) is 0 Å². The first-order chi connectivity index (χ1) is 15.3. The molecule has 0 unspecified atom stereocenters. The van der Waals surface area contributed by atoms with Crippen LogP contribution in [0.3, 0.4) is 0 Å². The maximum absolute atomic E-state index is 12.5. The summed E-state index contributed by atoms with van der Waals surface area (Å²) in [6.45, 7) is 1.41. The largest absolute Gasteiger partial charge is 0.381 e. The van der Waals surface area contributed by atoms with E-state index in [0.717, 1.165) is 42.4 Å². The fourth-order valence-electron chi connectivity index (χ4n) is 4.43. The highest BCUT2D eigenvalue weighted by atomic mass is 16.5. The Morgan fingerprint density at radius 3 is 2.55 bits per heavy atom. The molecule has 31 heavy (non-hydrogen) atoms. The van der Waals surface area contributed by atoms with Crippen LogP contribution in [0.1, 0.15) is 61.3 Å². The van der Waals surface area contributed by atoms with E-state index in [2.05, 4.69) is 25.4 Å². The van der Waals surface area contributed by atoms with Crippen molar-refractivity contribution in [2.24, 2.45) is 0 Å². The number of fused-ring (bicyclic) bond motifs is 1. The Balaban J connectivity index is 1.27. The molecule has 0 bridgehead atoms. The second-order valence-electron chi connectivity index (χ2n) is 8.42. The lowest BCUT2D eigenvalue weighted by Gasteiger charge is -2.23. The van der Waals surface area contributed by atoms with Gasteiger partial charge in [0.05, 0.1) is 17.6 Å². The van der Waals surface area contributed by atoms with Crippen LogP contribution >= 0.6 is 0 Å². The van der Waals surface area contributed by atoms with Gasteiger partial charge in [-0.2, -0.15) is 10.1 Å². The summed E-state index contributed by atoms with van der Waals surface area (Å²) < 4.78 is 7.41. The fourth-order valence-corrected chi connectivity index (χ4v) is 4.43. The van der Waals surface area contributed by atoms with Crippen LogP contribution in [-0.2, 0) is 4.74 Å². The molecule has 2 aliphatic rings. The average molecular weight is 421 g/mol. The van der Waals surface area contributed by atoms with Crippen molar-refractivity contribution in [3.05, 3.63) is 42.2 Å². The molecule has 1 amide bonds. The molecule has 2 N–H and O–H groups in total. The van der Waals surface area contributed by atoms with E-state index in [1.807, 2.05) is 36.7 Å². The molecule has 8 heteroatoms. The van der Waals surface area contributed by atoms with Crippen LogP contribution in [0, 0.1) is 0 Å². The van der Waals surface area contributed by atoms with Gasteiger partial charge < -0.3 is 15.4 Å². The fraction of sp³-hybridized carbons (Fsp3) is 0.478. The van der Waals surface area contributed by atoms with E-state index >= 15 is 0 Å². The monoisotopic (exact) mass is 420 g/mol. The van der Waals surface area contributed by atoms with Crippen molar-refractivity contribution in [1.29, 1.82) is 0 Å². The minimum absolute atomic E-state index is 0.0486. The van der Waals surface area contributed by atoms with Crippen molar-refractivity contribution >= 4 is 28.6 Å². The standard InChI is InChI=1S/C23H28N6O2/c30-22(26-19-10-12-31-13-11-19)16-6-8-18(9-7-16)27-23-24-14-17-15-25-29(21(17)28-23)20-4-2-1-3-5-20/h6-9,14-15,19-20H,1-5,10-13H2,(H,26,30)(H,24,27,28). The minimum Gasteiger partial charge on any atom is -0.381 e. The molecule has 5 rings (SSSR count). The summed E-state index contributed by atoms with van der Waals surface area (Å²) >= 11 is 0. The number of nitrogens with one attached hydrogen (secondary N) is 2. The molecular weight excluding hydrogens is 392 g/mol. The zero-order valence-corrected chi connectivity index (χ0v) is 17.6. The third-order valence-corrected chi connectivity index (χ3v) is 6.21. The number of nitrogens with zero attached hydrogens (tertiary/aromatic N) is 4. The van der Waals surface area contributed by atoms with Crippen LogP contribution in [0.15, 0.2) is 36.7 Å². The minimum atomic E-state index is -0.0486. The molecule has 1 aliphatic heterocycles. The second kappa shape index (κ2) is 9.01. The summed E-state index contributed by atoms with van der Waals surface area (Å²) in [6.07, 6.45) is 11.5. The van der Waals surface area contributed by atoms with Gasteiger partial charge in [-0.1, -0.05) is 19.3 Å². The molecule has 0 atom stereocenters. The van der Waals surface area contributed by atoms with Gasteiger partial charge in [0, 0.05) is 36.7 Å². The van der Waals surface area contributed by atoms with Gasteiger partial charge >= 0.3 is 0 Å². The molecule has 1 saturated carbocycles. The van der Waals surface area contributed by atoms with Crippen molar-refractivity contribution in [2.75, 3.05) is 18.5 Å². The van der Waals surface area contributed by atoms with Crippen molar-refractivity contribution < 1.29 is 9.53 Å². The highest BCUT2D eigenvalue weighted by Crippen LogP contribution is 2.30. The summed E-state index contributed by atoms with van der Waals surface area (Å²) in [5, 5.41) is 11.9. The highest BCUT2D eigenvalue weighted by Gasteiger charge is 2.19. The molecule has 3 aromatic rings. The van der Waals surface area contributed by atoms with E-state index in [1.54, 1.807) is 0 Å². The quantitative estimate of drug-likeness (QED) is 0.648. The summed E-state index contributed by atoms with van der Waals surface area (Å²) in [7, 11) is 0. The highest BCUT2D eigenvalue weighted by molar-refractivity contribution is 5.94. The zero-order chi connectivity index (χ0) is 21.0. The van der Waals surface area contributed by atoms with E-state index in [9.17, 15) is 4.79 Å². The molecule has 2 fully saturated rings. The van der Waals surface area contributed by atoms with E-state index in [4.69, 9.17) is 9.72 Å². The molecule has 0 radical (unpaired) electrons. The first-order valence-corrected chi connectivity index (χ1v) is 11.2. The van der Waals surface area contributed by atoms with Gasteiger partial charge in [0.2, 0.25) is 5.95 Å². The van der Waals surface area contributed by atoms with Gasteiger partial charge in [-0.05, 0) is 49.9 Å². The van der Waals surface area contributed by atoms with Crippen LogP contribution in [0.25, 0.3) is 11.0 Å². The van der Waals surface area contributed by atoms with Crippen molar-refractivity contribution in [3.63, 3.8) is 0 Å². The van der Waals surface area contributed by atoms with Crippen molar-refractivity contribution in [3.8, 4) is 0 Å². The lowest BCUT2D eigenvalue weighted by atomic mass is 9.96.